The minimum atomic E-state index is -2.83. The van der Waals surface area contributed by atoms with E-state index < -0.39 is 32.4 Å². The van der Waals surface area contributed by atoms with Gasteiger partial charge in [0.1, 0.15) is 11.7 Å². The van der Waals surface area contributed by atoms with Crippen LogP contribution in [-0.4, -0.2) is 58.3 Å². The van der Waals surface area contributed by atoms with E-state index in [0.29, 0.717) is 5.05 Å². The third kappa shape index (κ3) is 5.38. The third-order valence-corrected chi connectivity index (χ3v) is 11.7. The predicted molar refractivity (Wildman–Crippen MR) is 146 cm³/mol. The molecule has 0 amide bonds. The molecule has 0 bridgehead atoms. The van der Waals surface area contributed by atoms with Crippen LogP contribution in [0.3, 0.4) is 0 Å². The first-order valence-corrected chi connectivity index (χ1v) is 14.1. The molecule has 0 spiro atoms. The van der Waals surface area contributed by atoms with Crippen LogP contribution in [0.5, 0.6) is 0 Å². The summed E-state index contributed by atoms with van der Waals surface area (Å²) in [6.07, 6.45) is 4.31. The Morgan fingerprint density at radius 1 is 1.03 bits per heavy atom. The van der Waals surface area contributed by atoms with E-state index in [1.54, 1.807) is 21.1 Å². The summed E-state index contributed by atoms with van der Waals surface area (Å²) in [5, 5.41) is 2.53. The molecule has 7 heteroatoms. The molecule has 0 radical (unpaired) electrons. The Kier molecular flexibility index (Phi) is 8.92. The zero-order valence-electron chi connectivity index (χ0n) is 21.4. The molecule has 1 saturated heterocycles. The average molecular weight is 513 g/mol. The molecule has 4 atom stereocenters. The lowest BCUT2D eigenvalue weighted by atomic mass is 9.92. The van der Waals surface area contributed by atoms with Crippen molar-refractivity contribution in [1.82, 2.24) is 0 Å². The van der Waals surface area contributed by atoms with Crippen LogP contribution in [0.25, 0.3) is 0 Å². The standard InChI is InChI=1S/C28H36O5SSi/c1-8-19-28(25(29-6)24(32-21(2)34)26(30-7)33-28)20-31-35(27(3,4)5,22-15-11-9-12-16-22)23-17-13-10-14-18-23/h1,9-18,24-26H,19-20H2,2-7H3/t24-,25+,26?,28-/m1/s1. The maximum Gasteiger partial charge on any atom is 0.261 e. The summed E-state index contributed by atoms with van der Waals surface area (Å²) in [5.74, 6) is 2.77. The van der Waals surface area contributed by atoms with E-state index in [1.165, 1.54) is 10.4 Å². The van der Waals surface area contributed by atoms with Crippen LogP contribution in [0.2, 0.25) is 5.04 Å². The molecule has 188 valence electrons. The Labute approximate surface area is 216 Å². The first-order valence-electron chi connectivity index (χ1n) is 11.7. The van der Waals surface area contributed by atoms with Crippen LogP contribution < -0.4 is 10.4 Å². The van der Waals surface area contributed by atoms with Crippen molar-refractivity contribution in [2.75, 3.05) is 20.8 Å². The normalized spacial score (nSPS) is 24.7. The van der Waals surface area contributed by atoms with Crippen molar-refractivity contribution < 1.29 is 23.4 Å². The lowest BCUT2D eigenvalue weighted by Gasteiger charge is -2.45. The van der Waals surface area contributed by atoms with Gasteiger partial charge in [0, 0.05) is 27.6 Å². The van der Waals surface area contributed by atoms with Crippen molar-refractivity contribution in [2.45, 2.75) is 63.3 Å². The second-order valence-corrected chi connectivity index (χ2v) is 14.7. The molecule has 5 nitrogen and oxygen atoms in total. The van der Waals surface area contributed by atoms with Crippen molar-refractivity contribution in [1.29, 1.82) is 0 Å². The SMILES string of the molecule is C#CC[C@]1(CO[Si](c2ccccc2)(c2ccccc2)C(C)(C)C)OC(OC)[C@H](OC(C)=S)[C@@H]1OC. The predicted octanol–water partition coefficient (Wildman–Crippen LogP) is 4.08. The molecular weight excluding hydrogens is 476 g/mol. The molecule has 1 fully saturated rings. The van der Waals surface area contributed by atoms with Gasteiger partial charge < -0.3 is 23.4 Å². The van der Waals surface area contributed by atoms with Gasteiger partial charge >= 0.3 is 0 Å². The number of rotatable bonds is 9. The third-order valence-electron chi connectivity index (χ3n) is 6.58. The number of ether oxygens (including phenoxy) is 4. The number of methoxy groups -OCH3 is 2. The van der Waals surface area contributed by atoms with Crippen LogP contribution in [0.1, 0.15) is 34.1 Å². The molecule has 0 aromatic heterocycles. The molecule has 1 unspecified atom stereocenters. The van der Waals surface area contributed by atoms with Gasteiger partial charge in [0.05, 0.1) is 6.61 Å². The van der Waals surface area contributed by atoms with Crippen molar-refractivity contribution in [2.24, 2.45) is 0 Å². The highest BCUT2D eigenvalue weighted by Crippen LogP contribution is 2.42. The van der Waals surface area contributed by atoms with E-state index in [-0.39, 0.29) is 18.1 Å². The fourth-order valence-electron chi connectivity index (χ4n) is 5.12. The lowest BCUT2D eigenvalue weighted by Crippen LogP contribution is -2.68. The van der Waals surface area contributed by atoms with Crippen molar-refractivity contribution in [3.8, 4) is 12.3 Å². The molecule has 2 aromatic rings. The Morgan fingerprint density at radius 2 is 1.57 bits per heavy atom. The molecular formula is C28H36O5SSi. The molecule has 2 aromatic carbocycles. The second-order valence-electron chi connectivity index (χ2n) is 9.85. The molecule has 35 heavy (non-hydrogen) atoms. The molecule has 0 N–H and O–H groups in total. The van der Waals surface area contributed by atoms with Gasteiger partial charge in [0.15, 0.2) is 17.4 Å². The Morgan fingerprint density at radius 3 is 1.97 bits per heavy atom. The van der Waals surface area contributed by atoms with E-state index in [9.17, 15) is 0 Å². The lowest BCUT2D eigenvalue weighted by molar-refractivity contribution is -0.184. The molecule has 0 saturated carbocycles. The van der Waals surface area contributed by atoms with Gasteiger partial charge in [0.25, 0.3) is 8.32 Å². The fourth-order valence-corrected chi connectivity index (χ4v) is 9.85. The van der Waals surface area contributed by atoms with Gasteiger partial charge in [-0.15, -0.1) is 12.3 Å². The Hall–Kier alpha value is -2.05. The summed E-state index contributed by atoms with van der Waals surface area (Å²) in [6.45, 7) is 8.62. The number of hydrogen-bond acceptors (Lipinski definition) is 6. The molecule has 0 aliphatic carbocycles. The van der Waals surface area contributed by atoms with Gasteiger partial charge in [0.2, 0.25) is 0 Å². The van der Waals surface area contributed by atoms with E-state index >= 15 is 0 Å². The number of thiocarbonyl (C=S) groups is 1. The van der Waals surface area contributed by atoms with Crippen LogP contribution >= 0.6 is 12.2 Å². The highest BCUT2D eigenvalue weighted by molar-refractivity contribution is 7.80. The number of hydrogen-bond donors (Lipinski definition) is 0. The largest absolute Gasteiger partial charge is 0.476 e. The van der Waals surface area contributed by atoms with Crippen molar-refractivity contribution >= 4 is 36.0 Å². The topological polar surface area (TPSA) is 46.2 Å². The van der Waals surface area contributed by atoms with E-state index in [2.05, 4.69) is 75.2 Å². The Bertz CT molecular complexity index is 978. The molecule has 3 rings (SSSR count). The van der Waals surface area contributed by atoms with Gasteiger partial charge in [-0.05, 0) is 27.6 Å². The quantitative estimate of drug-likeness (QED) is 0.287. The summed E-state index contributed by atoms with van der Waals surface area (Å²) in [4.78, 5) is 0. The highest BCUT2D eigenvalue weighted by Gasteiger charge is 2.60. The van der Waals surface area contributed by atoms with Crippen LogP contribution in [-0.2, 0) is 23.4 Å². The summed E-state index contributed by atoms with van der Waals surface area (Å²) >= 11 is 5.22. The van der Waals surface area contributed by atoms with Crippen molar-refractivity contribution in [3.05, 3.63) is 60.7 Å². The minimum Gasteiger partial charge on any atom is -0.476 e. The van der Waals surface area contributed by atoms with Gasteiger partial charge in [-0.25, -0.2) is 0 Å². The number of benzene rings is 2. The zero-order chi connectivity index (χ0) is 25.7. The summed E-state index contributed by atoms with van der Waals surface area (Å²) in [6, 6.07) is 20.9. The number of terminal acetylenes is 1. The smallest absolute Gasteiger partial charge is 0.261 e. The average Bonchev–Trinajstić information content (AvgIpc) is 3.12. The minimum absolute atomic E-state index is 0.199. The van der Waals surface area contributed by atoms with Crippen LogP contribution in [0, 0.1) is 12.3 Å². The molecule has 1 aliphatic rings. The van der Waals surface area contributed by atoms with Gasteiger partial charge in [-0.3, -0.25) is 0 Å². The zero-order valence-corrected chi connectivity index (χ0v) is 23.3. The van der Waals surface area contributed by atoms with E-state index in [4.69, 9.17) is 42.0 Å². The maximum atomic E-state index is 7.18. The van der Waals surface area contributed by atoms with Crippen molar-refractivity contribution in [3.63, 3.8) is 0 Å². The maximum absolute atomic E-state index is 7.18. The van der Waals surface area contributed by atoms with Gasteiger partial charge in [-0.1, -0.05) is 81.4 Å². The summed E-state index contributed by atoms with van der Waals surface area (Å²) < 4.78 is 31.1. The Balaban J connectivity index is 2.12. The van der Waals surface area contributed by atoms with E-state index in [0.717, 1.165) is 0 Å². The summed E-state index contributed by atoms with van der Waals surface area (Å²) in [5.41, 5.74) is -0.979. The highest BCUT2D eigenvalue weighted by atomic mass is 32.1. The summed E-state index contributed by atoms with van der Waals surface area (Å²) in [7, 11) is 0.358. The molecule has 1 aliphatic heterocycles. The van der Waals surface area contributed by atoms with Crippen LogP contribution in [0.4, 0.5) is 0 Å². The first-order chi connectivity index (χ1) is 16.6. The fraction of sp³-hybridized carbons (Fsp3) is 0.464. The van der Waals surface area contributed by atoms with E-state index in [1.807, 2.05) is 12.1 Å². The first kappa shape index (κ1) is 27.5. The molecule has 1 heterocycles. The monoisotopic (exact) mass is 512 g/mol. The van der Waals surface area contributed by atoms with Crippen LogP contribution in [0.15, 0.2) is 60.7 Å². The second kappa shape index (κ2) is 11.3. The van der Waals surface area contributed by atoms with Gasteiger partial charge in [-0.2, -0.15) is 0 Å².